The largest absolute Gasteiger partial charge is 0.337 e. The van der Waals surface area contributed by atoms with Crippen molar-refractivity contribution in [2.45, 2.75) is 4.90 Å². The van der Waals surface area contributed by atoms with Crippen molar-refractivity contribution in [3.8, 4) is 0 Å². The van der Waals surface area contributed by atoms with Crippen LogP contribution >= 0.6 is 11.3 Å². The molecular formula is C22H19FN6O3S2. The molecule has 5 rings (SSSR count). The van der Waals surface area contributed by atoms with Gasteiger partial charge in [0, 0.05) is 44.1 Å². The molecule has 2 aromatic carbocycles. The van der Waals surface area contributed by atoms with E-state index in [1.54, 1.807) is 41.6 Å². The van der Waals surface area contributed by atoms with Crippen molar-refractivity contribution in [3.63, 3.8) is 0 Å². The quantitative estimate of drug-likeness (QED) is 0.451. The number of amides is 1. The van der Waals surface area contributed by atoms with Crippen molar-refractivity contribution in [1.82, 2.24) is 19.9 Å². The van der Waals surface area contributed by atoms with Crippen LogP contribution in [0.15, 0.2) is 65.8 Å². The van der Waals surface area contributed by atoms with Crippen LogP contribution in [0.25, 0.3) is 10.2 Å². The van der Waals surface area contributed by atoms with Crippen molar-refractivity contribution < 1.29 is 17.6 Å². The Balaban J connectivity index is 1.29. The summed E-state index contributed by atoms with van der Waals surface area (Å²) in [6.45, 7) is 2.35. The number of benzene rings is 2. The maximum absolute atomic E-state index is 13.1. The van der Waals surface area contributed by atoms with Crippen molar-refractivity contribution >= 4 is 48.6 Å². The molecule has 12 heteroatoms. The van der Waals surface area contributed by atoms with E-state index in [1.807, 2.05) is 4.90 Å². The van der Waals surface area contributed by atoms with Crippen LogP contribution in [0.5, 0.6) is 0 Å². The van der Waals surface area contributed by atoms with Crippen LogP contribution in [0.1, 0.15) is 10.4 Å². The Hall–Kier alpha value is -3.64. The maximum Gasteiger partial charge on any atom is 0.263 e. The summed E-state index contributed by atoms with van der Waals surface area (Å²) in [5, 5.41) is 0.167. The maximum atomic E-state index is 13.1. The monoisotopic (exact) mass is 498 g/mol. The average Bonchev–Trinajstić information content (AvgIpc) is 3.25. The first-order valence-electron chi connectivity index (χ1n) is 10.4. The second-order valence-electron chi connectivity index (χ2n) is 7.59. The van der Waals surface area contributed by atoms with E-state index in [4.69, 9.17) is 0 Å². The van der Waals surface area contributed by atoms with Crippen molar-refractivity contribution in [2.24, 2.45) is 0 Å². The molecule has 4 aromatic rings. The average molecular weight is 499 g/mol. The van der Waals surface area contributed by atoms with Gasteiger partial charge in [-0.15, -0.1) is 0 Å². The van der Waals surface area contributed by atoms with E-state index >= 15 is 0 Å². The van der Waals surface area contributed by atoms with Gasteiger partial charge in [0.05, 0.1) is 15.1 Å². The molecule has 9 nitrogen and oxygen atoms in total. The smallest absolute Gasteiger partial charge is 0.263 e. The van der Waals surface area contributed by atoms with Gasteiger partial charge in [-0.05, 0) is 48.5 Å². The number of sulfonamides is 1. The van der Waals surface area contributed by atoms with Crippen LogP contribution in [0.2, 0.25) is 0 Å². The molecule has 1 N–H and O–H groups in total. The first-order chi connectivity index (χ1) is 16.4. The lowest BCUT2D eigenvalue weighted by atomic mass is 10.1. The lowest BCUT2D eigenvalue weighted by molar-refractivity contribution is 0.0746. The number of hydrogen-bond acceptors (Lipinski definition) is 8. The Labute approximate surface area is 199 Å². The Kier molecular flexibility index (Phi) is 5.84. The van der Waals surface area contributed by atoms with Gasteiger partial charge >= 0.3 is 0 Å². The van der Waals surface area contributed by atoms with Crippen LogP contribution in [0.4, 0.5) is 15.5 Å². The molecule has 0 saturated carbocycles. The van der Waals surface area contributed by atoms with Gasteiger partial charge in [-0.25, -0.2) is 27.8 Å². The molecule has 1 aliphatic heterocycles. The number of rotatable bonds is 5. The molecule has 2 aromatic heterocycles. The third-order valence-electron chi connectivity index (χ3n) is 5.38. The SMILES string of the molecule is O=C(c1ccc2nc(NS(=O)(=O)c3ccc(F)cc3)sc2c1)N1CCN(c2ncccn2)CC1. The molecule has 1 aliphatic rings. The van der Waals surface area contributed by atoms with E-state index in [9.17, 15) is 17.6 Å². The van der Waals surface area contributed by atoms with Crippen LogP contribution in [0, 0.1) is 5.82 Å². The first kappa shape index (κ1) is 22.2. The number of carbonyl (C=O) groups excluding carboxylic acids is 1. The standard InChI is InChI=1S/C22H19FN6O3S2/c23-16-3-5-17(6-4-16)34(31,32)27-22-26-18-7-2-15(14-19(18)33-22)20(30)28-10-12-29(13-11-28)21-24-8-1-9-25-21/h1-9,14H,10-13H2,(H,26,27). The summed E-state index contributed by atoms with van der Waals surface area (Å²) in [4.78, 5) is 29.6. The predicted octanol–water partition coefficient (Wildman–Crippen LogP) is 2.99. The van der Waals surface area contributed by atoms with E-state index in [0.717, 1.165) is 23.5 Å². The van der Waals surface area contributed by atoms with Gasteiger partial charge in [0.1, 0.15) is 5.82 Å². The van der Waals surface area contributed by atoms with E-state index in [1.165, 1.54) is 12.1 Å². The van der Waals surface area contributed by atoms with Gasteiger partial charge in [-0.2, -0.15) is 0 Å². The highest BCUT2D eigenvalue weighted by atomic mass is 32.2. The number of piperazine rings is 1. The second-order valence-corrected chi connectivity index (χ2v) is 10.3. The number of aromatic nitrogens is 3. The summed E-state index contributed by atoms with van der Waals surface area (Å²) in [6.07, 6.45) is 3.39. The number of nitrogens with one attached hydrogen (secondary N) is 1. The van der Waals surface area contributed by atoms with Gasteiger partial charge < -0.3 is 9.80 Å². The molecule has 0 spiro atoms. The summed E-state index contributed by atoms with van der Waals surface area (Å²) >= 11 is 1.13. The topological polar surface area (TPSA) is 108 Å². The predicted molar refractivity (Wildman–Crippen MR) is 127 cm³/mol. The summed E-state index contributed by atoms with van der Waals surface area (Å²) < 4.78 is 41.3. The Morgan fingerprint density at radius 3 is 2.41 bits per heavy atom. The molecule has 0 atom stereocenters. The van der Waals surface area contributed by atoms with E-state index in [-0.39, 0.29) is 15.9 Å². The number of hydrogen-bond donors (Lipinski definition) is 1. The van der Waals surface area contributed by atoms with Gasteiger partial charge in [0.2, 0.25) is 5.95 Å². The fourth-order valence-electron chi connectivity index (χ4n) is 3.64. The zero-order valence-corrected chi connectivity index (χ0v) is 19.4. The van der Waals surface area contributed by atoms with Crippen molar-refractivity contribution in [1.29, 1.82) is 0 Å². The Bertz CT molecular complexity index is 1440. The Morgan fingerprint density at radius 1 is 1.00 bits per heavy atom. The van der Waals surface area contributed by atoms with Crippen LogP contribution < -0.4 is 9.62 Å². The Morgan fingerprint density at radius 2 is 1.71 bits per heavy atom. The van der Waals surface area contributed by atoms with Crippen LogP contribution in [-0.4, -0.2) is 60.4 Å². The molecule has 1 fully saturated rings. The summed E-state index contributed by atoms with van der Waals surface area (Å²) in [6, 6.07) is 11.4. The van der Waals surface area contributed by atoms with E-state index in [0.29, 0.717) is 47.9 Å². The number of nitrogens with zero attached hydrogens (tertiary/aromatic N) is 5. The molecule has 0 aliphatic carbocycles. The summed E-state index contributed by atoms with van der Waals surface area (Å²) in [7, 11) is -3.91. The zero-order valence-electron chi connectivity index (χ0n) is 17.8. The second kappa shape index (κ2) is 8.95. The summed E-state index contributed by atoms with van der Waals surface area (Å²) in [5.41, 5.74) is 1.08. The minimum atomic E-state index is -3.91. The summed E-state index contributed by atoms with van der Waals surface area (Å²) in [5.74, 6) is 0.0274. The van der Waals surface area contributed by atoms with E-state index < -0.39 is 15.8 Å². The van der Waals surface area contributed by atoms with Crippen molar-refractivity contribution in [3.05, 3.63) is 72.3 Å². The first-order valence-corrected chi connectivity index (χ1v) is 12.7. The molecule has 3 heterocycles. The lowest BCUT2D eigenvalue weighted by Gasteiger charge is -2.34. The highest BCUT2D eigenvalue weighted by molar-refractivity contribution is 7.93. The highest BCUT2D eigenvalue weighted by Crippen LogP contribution is 2.29. The number of fused-ring (bicyclic) bond motifs is 1. The molecule has 174 valence electrons. The van der Waals surface area contributed by atoms with Crippen LogP contribution in [0.3, 0.4) is 0 Å². The zero-order chi connectivity index (χ0) is 23.7. The molecule has 1 amide bonds. The van der Waals surface area contributed by atoms with Crippen molar-refractivity contribution in [2.75, 3.05) is 35.8 Å². The third-order valence-corrected chi connectivity index (χ3v) is 7.80. The minimum Gasteiger partial charge on any atom is -0.337 e. The molecule has 0 unspecified atom stereocenters. The minimum absolute atomic E-state index is 0.0657. The molecule has 34 heavy (non-hydrogen) atoms. The number of carbonyl (C=O) groups is 1. The lowest BCUT2D eigenvalue weighted by Crippen LogP contribution is -2.49. The third kappa shape index (κ3) is 4.54. The normalized spacial score (nSPS) is 14.4. The number of anilines is 2. The van der Waals surface area contributed by atoms with Gasteiger partial charge in [0.25, 0.3) is 15.9 Å². The fraction of sp³-hybridized carbons (Fsp3) is 0.182. The van der Waals surface area contributed by atoms with E-state index in [2.05, 4.69) is 19.7 Å². The number of halogens is 1. The molecular weight excluding hydrogens is 479 g/mol. The van der Waals surface area contributed by atoms with Gasteiger partial charge in [0.15, 0.2) is 5.13 Å². The van der Waals surface area contributed by atoms with Crippen LogP contribution in [-0.2, 0) is 10.0 Å². The molecule has 0 radical (unpaired) electrons. The van der Waals surface area contributed by atoms with Gasteiger partial charge in [-0.3, -0.25) is 9.52 Å². The van der Waals surface area contributed by atoms with Gasteiger partial charge in [-0.1, -0.05) is 11.3 Å². The fourth-order valence-corrected chi connectivity index (χ4v) is 5.78. The molecule has 1 saturated heterocycles. The molecule has 0 bridgehead atoms. The number of thiazole rings is 1. The highest BCUT2D eigenvalue weighted by Gasteiger charge is 2.24.